The number of hydrogen-bond acceptors (Lipinski definition) is 3. The lowest BCUT2D eigenvalue weighted by Crippen LogP contribution is -2.26. The minimum absolute atomic E-state index is 0.219. The van der Waals surface area contributed by atoms with Crippen LogP contribution in [0.4, 0.5) is 0 Å². The molecule has 0 spiro atoms. The van der Waals surface area contributed by atoms with Gasteiger partial charge in [0.15, 0.2) is 0 Å². The van der Waals surface area contributed by atoms with E-state index in [1.807, 2.05) is 26.0 Å². The second-order valence-electron chi connectivity index (χ2n) is 4.67. The van der Waals surface area contributed by atoms with Gasteiger partial charge >= 0.3 is 5.63 Å². The van der Waals surface area contributed by atoms with E-state index in [4.69, 9.17) is 9.15 Å². The molecule has 0 bridgehead atoms. The normalized spacial score (nSPS) is 11.7. The van der Waals surface area contributed by atoms with Gasteiger partial charge < -0.3 is 9.15 Å². The Hall–Kier alpha value is -1.77. The number of ether oxygens (including phenoxy) is 1. The van der Waals surface area contributed by atoms with Gasteiger partial charge in [0.05, 0.1) is 0 Å². The predicted molar refractivity (Wildman–Crippen MR) is 67.5 cm³/mol. The molecule has 0 saturated heterocycles. The Kier molecular flexibility index (Phi) is 2.92. The van der Waals surface area contributed by atoms with Crippen LogP contribution in [-0.2, 0) is 0 Å². The average Bonchev–Trinajstić information content (AvgIpc) is 2.28. The van der Waals surface area contributed by atoms with E-state index in [1.165, 1.54) is 6.07 Å². The molecule has 1 aromatic heterocycles. The Bertz CT molecular complexity index is 581. The van der Waals surface area contributed by atoms with Gasteiger partial charge in [0, 0.05) is 17.5 Å². The molecular formula is C14H16O3. The molecule has 0 N–H and O–H groups in total. The fraction of sp³-hybridized carbons (Fsp3) is 0.357. The molecule has 3 heteroatoms. The molecule has 0 aliphatic heterocycles. The highest BCUT2D eigenvalue weighted by molar-refractivity contribution is 5.77. The Morgan fingerprint density at radius 3 is 2.65 bits per heavy atom. The third kappa shape index (κ3) is 2.67. The van der Waals surface area contributed by atoms with Crippen LogP contribution in [-0.4, -0.2) is 5.60 Å². The first-order valence-corrected chi connectivity index (χ1v) is 5.73. The molecule has 17 heavy (non-hydrogen) atoms. The first kappa shape index (κ1) is 11.7. The van der Waals surface area contributed by atoms with E-state index in [0.717, 1.165) is 17.6 Å². The third-order valence-corrected chi connectivity index (χ3v) is 2.84. The van der Waals surface area contributed by atoms with Crippen molar-refractivity contribution in [3.8, 4) is 5.75 Å². The molecule has 90 valence electrons. The van der Waals surface area contributed by atoms with Crippen molar-refractivity contribution >= 4 is 11.0 Å². The third-order valence-electron chi connectivity index (χ3n) is 2.84. The smallest absolute Gasteiger partial charge is 0.336 e. The molecule has 0 unspecified atom stereocenters. The Morgan fingerprint density at radius 2 is 1.94 bits per heavy atom. The molecule has 3 nitrogen and oxygen atoms in total. The highest BCUT2D eigenvalue weighted by Gasteiger charge is 2.16. The van der Waals surface area contributed by atoms with Gasteiger partial charge in [-0.15, -0.1) is 0 Å². The van der Waals surface area contributed by atoms with Crippen molar-refractivity contribution in [2.24, 2.45) is 0 Å². The molecule has 0 amide bonds. The molecule has 0 radical (unpaired) electrons. The van der Waals surface area contributed by atoms with Gasteiger partial charge in [0.25, 0.3) is 0 Å². The molecule has 0 aliphatic carbocycles. The van der Waals surface area contributed by atoms with Crippen LogP contribution in [0.3, 0.4) is 0 Å². The lowest BCUT2D eigenvalue weighted by Gasteiger charge is -2.24. The quantitative estimate of drug-likeness (QED) is 0.762. The average molecular weight is 232 g/mol. The van der Waals surface area contributed by atoms with Crippen molar-refractivity contribution in [1.82, 2.24) is 0 Å². The van der Waals surface area contributed by atoms with Crippen LogP contribution in [0.2, 0.25) is 0 Å². The summed E-state index contributed by atoms with van der Waals surface area (Å²) in [4.78, 5) is 11.1. The van der Waals surface area contributed by atoms with Crippen molar-refractivity contribution < 1.29 is 9.15 Å². The minimum atomic E-state index is -0.343. The lowest BCUT2D eigenvalue weighted by molar-refractivity contribution is 0.105. The fourth-order valence-electron chi connectivity index (χ4n) is 1.50. The molecule has 0 fully saturated rings. The van der Waals surface area contributed by atoms with E-state index in [2.05, 4.69) is 6.92 Å². The van der Waals surface area contributed by atoms with Crippen molar-refractivity contribution in [2.45, 2.75) is 32.8 Å². The maximum atomic E-state index is 11.1. The second-order valence-corrected chi connectivity index (χ2v) is 4.67. The Labute approximate surface area is 100 Å². The highest BCUT2D eigenvalue weighted by Crippen LogP contribution is 2.24. The van der Waals surface area contributed by atoms with Gasteiger partial charge in [-0.2, -0.15) is 0 Å². The fourth-order valence-corrected chi connectivity index (χ4v) is 1.50. The molecule has 1 aromatic carbocycles. The summed E-state index contributed by atoms with van der Waals surface area (Å²) in [5, 5.41) is 0.895. The molecule has 0 atom stereocenters. The molecular weight excluding hydrogens is 216 g/mol. The molecule has 1 heterocycles. The summed E-state index contributed by atoms with van der Waals surface area (Å²) in [7, 11) is 0. The maximum absolute atomic E-state index is 11.1. The molecule has 2 aromatic rings. The van der Waals surface area contributed by atoms with Crippen LogP contribution < -0.4 is 10.4 Å². The first-order valence-electron chi connectivity index (χ1n) is 5.73. The zero-order chi connectivity index (χ0) is 12.5. The molecule has 2 rings (SSSR count). The summed E-state index contributed by atoms with van der Waals surface area (Å²) in [6.45, 7) is 6.12. The Balaban J connectivity index is 2.40. The lowest BCUT2D eigenvalue weighted by atomic mass is 10.1. The van der Waals surface area contributed by atoms with Gasteiger partial charge in [-0.25, -0.2) is 4.79 Å². The largest absolute Gasteiger partial charge is 0.488 e. The SMILES string of the molecule is CCC(C)(C)Oc1ccc2ccc(=O)oc2c1. The van der Waals surface area contributed by atoms with Crippen LogP contribution in [0.25, 0.3) is 11.0 Å². The second kappa shape index (κ2) is 4.24. The number of hydrogen-bond donors (Lipinski definition) is 0. The van der Waals surface area contributed by atoms with Gasteiger partial charge in [-0.3, -0.25) is 0 Å². The van der Waals surface area contributed by atoms with Gasteiger partial charge in [0.1, 0.15) is 16.9 Å². The van der Waals surface area contributed by atoms with Gasteiger partial charge in [0.2, 0.25) is 0 Å². The minimum Gasteiger partial charge on any atom is -0.488 e. The van der Waals surface area contributed by atoms with E-state index < -0.39 is 0 Å². The summed E-state index contributed by atoms with van der Waals surface area (Å²) in [6.07, 6.45) is 0.907. The summed E-state index contributed by atoms with van der Waals surface area (Å²) in [6, 6.07) is 8.70. The van der Waals surface area contributed by atoms with E-state index in [-0.39, 0.29) is 11.2 Å². The monoisotopic (exact) mass is 232 g/mol. The summed E-state index contributed by atoms with van der Waals surface area (Å²) < 4.78 is 11.0. The topological polar surface area (TPSA) is 39.4 Å². The van der Waals surface area contributed by atoms with E-state index >= 15 is 0 Å². The zero-order valence-corrected chi connectivity index (χ0v) is 10.3. The van der Waals surface area contributed by atoms with Gasteiger partial charge in [-0.05, 0) is 38.5 Å². The number of benzene rings is 1. The van der Waals surface area contributed by atoms with Crippen LogP contribution in [0.15, 0.2) is 39.5 Å². The summed E-state index contributed by atoms with van der Waals surface area (Å²) in [5.74, 6) is 0.721. The maximum Gasteiger partial charge on any atom is 0.336 e. The van der Waals surface area contributed by atoms with Crippen LogP contribution in [0.1, 0.15) is 27.2 Å². The van der Waals surface area contributed by atoms with Gasteiger partial charge in [-0.1, -0.05) is 6.92 Å². The van der Waals surface area contributed by atoms with E-state index in [0.29, 0.717) is 5.58 Å². The highest BCUT2D eigenvalue weighted by atomic mass is 16.5. The summed E-state index contributed by atoms with van der Waals surface area (Å²) >= 11 is 0. The standard InChI is InChI=1S/C14H16O3/c1-4-14(2,3)17-11-7-5-10-6-8-13(15)16-12(10)9-11/h5-9H,4H2,1-3H3. The van der Waals surface area contributed by atoms with Crippen molar-refractivity contribution in [2.75, 3.05) is 0 Å². The number of fused-ring (bicyclic) bond motifs is 1. The van der Waals surface area contributed by atoms with E-state index in [9.17, 15) is 4.79 Å². The molecule has 0 saturated carbocycles. The van der Waals surface area contributed by atoms with Crippen molar-refractivity contribution in [3.05, 3.63) is 40.8 Å². The van der Waals surface area contributed by atoms with Crippen molar-refractivity contribution in [3.63, 3.8) is 0 Å². The first-order chi connectivity index (χ1) is 8.00. The van der Waals surface area contributed by atoms with Crippen LogP contribution >= 0.6 is 0 Å². The number of rotatable bonds is 3. The zero-order valence-electron chi connectivity index (χ0n) is 10.3. The predicted octanol–water partition coefficient (Wildman–Crippen LogP) is 3.36. The van der Waals surface area contributed by atoms with Crippen LogP contribution in [0, 0.1) is 0 Å². The summed E-state index contributed by atoms with van der Waals surface area (Å²) in [5.41, 5.74) is -0.00532. The van der Waals surface area contributed by atoms with E-state index in [1.54, 1.807) is 12.1 Å². The van der Waals surface area contributed by atoms with Crippen LogP contribution in [0.5, 0.6) is 5.75 Å². The molecule has 0 aliphatic rings. The Morgan fingerprint density at radius 1 is 1.24 bits per heavy atom. The van der Waals surface area contributed by atoms with Crippen molar-refractivity contribution in [1.29, 1.82) is 0 Å².